The van der Waals surface area contributed by atoms with Gasteiger partial charge in [-0.1, -0.05) is 0 Å². The Kier molecular flexibility index (Phi) is 3.80. The van der Waals surface area contributed by atoms with Crippen LogP contribution in [0.3, 0.4) is 0 Å². The van der Waals surface area contributed by atoms with Crippen molar-refractivity contribution in [1.82, 2.24) is 20.3 Å². The second-order valence-electron chi connectivity index (χ2n) is 3.22. The summed E-state index contributed by atoms with van der Waals surface area (Å²) >= 11 is 4.75. The first kappa shape index (κ1) is 12.1. The lowest BCUT2D eigenvalue weighted by Gasteiger charge is -2.04. The van der Waals surface area contributed by atoms with Gasteiger partial charge in [-0.2, -0.15) is 0 Å². The number of amides is 1. The summed E-state index contributed by atoms with van der Waals surface area (Å²) < 4.78 is 0.583. The lowest BCUT2D eigenvalue weighted by molar-refractivity contribution is 0.0944. The average molecular weight is 313 g/mol. The Labute approximate surface area is 110 Å². The molecule has 0 aliphatic rings. The van der Waals surface area contributed by atoms with Crippen LogP contribution in [0.4, 0.5) is 0 Å². The van der Waals surface area contributed by atoms with Gasteiger partial charge in [-0.15, -0.1) is 11.3 Å². The van der Waals surface area contributed by atoms with Crippen LogP contribution in [0.25, 0.3) is 0 Å². The van der Waals surface area contributed by atoms with E-state index in [4.69, 9.17) is 0 Å². The van der Waals surface area contributed by atoms with Gasteiger partial charge in [0.2, 0.25) is 0 Å². The fourth-order valence-electron chi connectivity index (χ4n) is 1.19. The Morgan fingerprint density at radius 2 is 2.35 bits per heavy atom. The van der Waals surface area contributed by atoms with Crippen LogP contribution in [0.5, 0.6) is 0 Å². The molecule has 0 saturated carbocycles. The molecule has 0 fully saturated rings. The molecule has 0 spiro atoms. The van der Waals surface area contributed by atoms with E-state index in [0.29, 0.717) is 22.5 Å². The lowest BCUT2D eigenvalue weighted by Crippen LogP contribution is -2.24. The molecule has 0 aliphatic carbocycles. The first-order valence-electron chi connectivity index (χ1n) is 4.82. The van der Waals surface area contributed by atoms with Crippen LogP contribution in [0.15, 0.2) is 22.2 Å². The van der Waals surface area contributed by atoms with Gasteiger partial charge in [0.05, 0.1) is 11.0 Å². The summed E-state index contributed by atoms with van der Waals surface area (Å²) in [5, 5.41) is 5.49. The zero-order chi connectivity index (χ0) is 12.3. The van der Waals surface area contributed by atoms with Crippen LogP contribution >= 0.6 is 27.3 Å². The standard InChI is InChI=1S/C10H9BrN4OS/c1-6-13-4-7(11)9(15-6)10(16)14-5-8-12-2-3-17-8/h2-4H,5H2,1H3,(H,14,16). The van der Waals surface area contributed by atoms with Crippen LogP contribution in [0.1, 0.15) is 21.3 Å². The monoisotopic (exact) mass is 312 g/mol. The Morgan fingerprint density at radius 3 is 3.06 bits per heavy atom. The number of nitrogens with one attached hydrogen (secondary N) is 1. The number of nitrogens with zero attached hydrogens (tertiary/aromatic N) is 3. The summed E-state index contributed by atoms with van der Waals surface area (Å²) in [5.41, 5.74) is 0.342. The predicted octanol–water partition coefficient (Wildman–Crippen LogP) is 1.93. The molecular formula is C10H9BrN4OS. The van der Waals surface area contributed by atoms with E-state index < -0.39 is 0 Å². The minimum absolute atomic E-state index is 0.238. The fourth-order valence-corrected chi connectivity index (χ4v) is 2.12. The highest BCUT2D eigenvalue weighted by molar-refractivity contribution is 9.10. The predicted molar refractivity (Wildman–Crippen MR) is 67.8 cm³/mol. The van der Waals surface area contributed by atoms with E-state index in [-0.39, 0.29) is 5.91 Å². The van der Waals surface area contributed by atoms with E-state index in [1.165, 1.54) is 11.3 Å². The van der Waals surface area contributed by atoms with Crippen molar-refractivity contribution in [2.75, 3.05) is 0 Å². The van der Waals surface area contributed by atoms with E-state index in [9.17, 15) is 4.79 Å². The number of carbonyl (C=O) groups is 1. The van der Waals surface area contributed by atoms with Crippen molar-refractivity contribution in [3.8, 4) is 0 Å². The molecule has 17 heavy (non-hydrogen) atoms. The number of aryl methyl sites for hydroxylation is 1. The largest absolute Gasteiger partial charge is 0.344 e. The highest BCUT2D eigenvalue weighted by Gasteiger charge is 2.12. The molecule has 7 heteroatoms. The van der Waals surface area contributed by atoms with Crippen LogP contribution in [-0.4, -0.2) is 20.9 Å². The van der Waals surface area contributed by atoms with Gasteiger partial charge >= 0.3 is 0 Å². The zero-order valence-electron chi connectivity index (χ0n) is 8.98. The van der Waals surface area contributed by atoms with E-state index in [1.54, 1.807) is 19.3 Å². The molecule has 2 aromatic heterocycles. The maximum atomic E-state index is 11.9. The van der Waals surface area contributed by atoms with Gasteiger partial charge in [0.15, 0.2) is 0 Å². The van der Waals surface area contributed by atoms with Crippen LogP contribution in [-0.2, 0) is 6.54 Å². The summed E-state index contributed by atoms with van der Waals surface area (Å²) in [5.74, 6) is 0.324. The Hall–Kier alpha value is -1.34. The zero-order valence-corrected chi connectivity index (χ0v) is 11.4. The minimum atomic E-state index is -0.238. The highest BCUT2D eigenvalue weighted by atomic mass is 79.9. The van der Waals surface area contributed by atoms with Crippen LogP contribution in [0, 0.1) is 6.92 Å². The van der Waals surface area contributed by atoms with E-state index in [1.807, 2.05) is 5.38 Å². The van der Waals surface area contributed by atoms with Gasteiger partial charge in [0.1, 0.15) is 16.5 Å². The topological polar surface area (TPSA) is 67.8 Å². The number of thiazole rings is 1. The third-order valence-corrected chi connectivity index (χ3v) is 3.32. The molecule has 2 rings (SSSR count). The third-order valence-electron chi connectivity index (χ3n) is 1.96. The molecule has 0 radical (unpaired) electrons. The SMILES string of the molecule is Cc1ncc(Br)c(C(=O)NCc2nccs2)n1. The first-order valence-corrected chi connectivity index (χ1v) is 6.50. The Morgan fingerprint density at radius 1 is 1.53 bits per heavy atom. The van der Waals surface area contributed by atoms with Crippen molar-refractivity contribution >= 4 is 33.2 Å². The number of rotatable bonds is 3. The molecule has 0 bridgehead atoms. The van der Waals surface area contributed by atoms with Crippen molar-refractivity contribution in [3.05, 3.63) is 38.8 Å². The van der Waals surface area contributed by atoms with Crippen LogP contribution in [0.2, 0.25) is 0 Å². The Bertz CT molecular complexity index is 529. The van der Waals surface area contributed by atoms with Gasteiger partial charge in [-0.25, -0.2) is 15.0 Å². The molecule has 5 nitrogen and oxygen atoms in total. The van der Waals surface area contributed by atoms with Crippen molar-refractivity contribution in [2.45, 2.75) is 13.5 Å². The van der Waals surface area contributed by atoms with Gasteiger partial charge in [0, 0.05) is 17.8 Å². The van der Waals surface area contributed by atoms with E-state index >= 15 is 0 Å². The maximum Gasteiger partial charge on any atom is 0.271 e. The van der Waals surface area contributed by atoms with Gasteiger partial charge in [-0.05, 0) is 22.9 Å². The summed E-state index contributed by atoms with van der Waals surface area (Å²) in [6, 6.07) is 0. The minimum Gasteiger partial charge on any atom is -0.344 e. The summed E-state index contributed by atoms with van der Waals surface area (Å²) in [6.45, 7) is 2.15. The average Bonchev–Trinajstić information content (AvgIpc) is 2.82. The smallest absolute Gasteiger partial charge is 0.271 e. The molecule has 0 aromatic carbocycles. The van der Waals surface area contributed by atoms with Crippen LogP contribution < -0.4 is 5.32 Å². The van der Waals surface area contributed by atoms with Crippen molar-refractivity contribution in [2.24, 2.45) is 0 Å². The van der Waals surface area contributed by atoms with Crippen molar-refractivity contribution in [3.63, 3.8) is 0 Å². The number of aromatic nitrogens is 3. The van der Waals surface area contributed by atoms with Gasteiger partial charge < -0.3 is 5.32 Å². The molecule has 1 N–H and O–H groups in total. The van der Waals surface area contributed by atoms with E-state index in [2.05, 4.69) is 36.2 Å². The number of hydrogen-bond donors (Lipinski definition) is 1. The molecule has 2 aromatic rings. The third kappa shape index (κ3) is 3.07. The Balaban J connectivity index is 2.07. The van der Waals surface area contributed by atoms with Crippen molar-refractivity contribution in [1.29, 1.82) is 0 Å². The molecule has 0 atom stereocenters. The normalized spacial score (nSPS) is 10.2. The molecule has 0 saturated heterocycles. The molecule has 1 amide bonds. The van der Waals surface area contributed by atoms with E-state index in [0.717, 1.165) is 5.01 Å². The quantitative estimate of drug-likeness (QED) is 0.940. The number of hydrogen-bond acceptors (Lipinski definition) is 5. The second kappa shape index (κ2) is 5.33. The molecule has 0 unspecified atom stereocenters. The summed E-state index contributed by atoms with van der Waals surface area (Å²) in [4.78, 5) is 24.0. The maximum absolute atomic E-state index is 11.9. The molecular weight excluding hydrogens is 304 g/mol. The second-order valence-corrected chi connectivity index (χ2v) is 5.06. The van der Waals surface area contributed by atoms with Gasteiger partial charge in [0.25, 0.3) is 5.91 Å². The summed E-state index contributed by atoms with van der Waals surface area (Å²) in [6.07, 6.45) is 3.28. The lowest BCUT2D eigenvalue weighted by atomic mass is 10.3. The number of carbonyl (C=O) groups excluding carboxylic acids is 1. The number of halogens is 1. The summed E-state index contributed by atoms with van der Waals surface area (Å²) in [7, 11) is 0. The van der Waals surface area contributed by atoms with Gasteiger partial charge in [-0.3, -0.25) is 4.79 Å². The molecule has 88 valence electrons. The fraction of sp³-hybridized carbons (Fsp3) is 0.200. The molecule has 0 aliphatic heterocycles. The first-order chi connectivity index (χ1) is 8.16. The highest BCUT2D eigenvalue weighted by Crippen LogP contribution is 2.13. The molecule has 2 heterocycles. The van der Waals surface area contributed by atoms with Crippen molar-refractivity contribution < 1.29 is 4.79 Å².